The zero-order valence-corrected chi connectivity index (χ0v) is 15.3. The lowest BCUT2D eigenvalue weighted by atomic mass is 10.1. The molecule has 0 unspecified atom stereocenters. The molecular weight excluding hydrogens is 352 g/mol. The molecule has 0 bridgehead atoms. The Morgan fingerprint density at radius 2 is 1.88 bits per heavy atom. The standard InChI is InChI=1S/C20H21ClN2O3/c1-26-18-9-2-14(3-10-18)4-11-19(24)22-16-12-20(25)23(13-16)17-7-5-15(21)6-8-17/h2-3,5-10,16H,4,11-13H2,1H3,(H,22,24)/t16-/m0/s1. The van der Waals surface area contributed by atoms with Gasteiger partial charge in [0, 0.05) is 30.1 Å². The van der Waals surface area contributed by atoms with Gasteiger partial charge in [0.05, 0.1) is 13.2 Å². The van der Waals surface area contributed by atoms with Gasteiger partial charge in [0.15, 0.2) is 0 Å². The number of benzene rings is 2. The van der Waals surface area contributed by atoms with E-state index in [0.29, 0.717) is 30.8 Å². The van der Waals surface area contributed by atoms with Gasteiger partial charge >= 0.3 is 0 Å². The Balaban J connectivity index is 1.50. The van der Waals surface area contributed by atoms with Crippen LogP contribution >= 0.6 is 11.6 Å². The maximum Gasteiger partial charge on any atom is 0.229 e. The molecule has 1 N–H and O–H groups in total. The highest BCUT2D eigenvalue weighted by atomic mass is 35.5. The van der Waals surface area contributed by atoms with E-state index in [1.807, 2.05) is 36.4 Å². The molecule has 1 fully saturated rings. The Kier molecular flexibility index (Phi) is 5.78. The number of carbonyl (C=O) groups excluding carboxylic acids is 2. The number of methoxy groups -OCH3 is 1. The lowest BCUT2D eigenvalue weighted by molar-refractivity contribution is -0.121. The van der Waals surface area contributed by atoms with Crippen LogP contribution in [0.4, 0.5) is 5.69 Å². The molecule has 2 aromatic carbocycles. The summed E-state index contributed by atoms with van der Waals surface area (Å²) in [4.78, 5) is 26.1. The van der Waals surface area contributed by atoms with E-state index in [4.69, 9.17) is 16.3 Å². The van der Waals surface area contributed by atoms with Crippen LogP contribution in [0.15, 0.2) is 48.5 Å². The third kappa shape index (κ3) is 4.55. The minimum Gasteiger partial charge on any atom is -0.497 e. The van der Waals surface area contributed by atoms with Gasteiger partial charge in [0.2, 0.25) is 11.8 Å². The van der Waals surface area contributed by atoms with Crippen molar-refractivity contribution in [3.8, 4) is 5.75 Å². The number of nitrogens with zero attached hydrogens (tertiary/aromatic N) is 1. The number of nitrogens with one attached hydrogen (secondary N) is 1. The summed E-state index contributed by atoms with van der Waals surface area (Å²) in [5, 5.41) is 3.59. The molecule has 0 aliphatic carbocycles. The summed E-state index contributed by atoms with van der Waals surface area (Å²) in [5.74, 6) is 0.759. The summed E-state index contributed by atoms with van der Waals surface area (Å²) < 4.78 is 5.12. The Bertz CT molecular complexity index is 775. The second-order valence-electron chi connectivity index (χ2n) is 6.30. The minimum atomic E-state index is -0.165. The number of anilines is 1. The Morgan fingerprint density at radius 3 is 2.54 bits per heavy atom. The molecule has 5 nitrogen and oxygen atoms in total. The van der Waals surface area contributed by atoms with Gasteiger partial charge in [-0.2, -0.15) is 0 Å². The maximum atomic E-state index is 12.2. The number of ether oxygens (including phenoxy) is 1. The van der Waals surface area contributed by atoms with Crippen LogP contribution in [-0.4, -0.2) is 31.5 Å². The smallest absolute Gasteiger partial charge is 0.229 e. The van der Waals surface area contributed by atoms with E-state index < -0.39 is 0 Å². The molecule has 1 aliphatic heterocycles. The van der Waals surface area contributed by atoms with Crippen LogP contribution in [0.25, 0.3) is 0 Å². The van der Waals surface area contributed by atoms with Crippen LogP contribution in [-0.2, 0) is 16.0 Å². The molecule has 0 spiro atoms. The van der Waals surface area contributed by atoms with Crippen LogP contribution in [0.1, 0.15) is 18.4 Å². The van der Waals surface area contributed by atoms with Crippen molar-refractivity contribution in [2.24, 2.45) is 0 Å². The van der Waals surface area contributed by atoms with Crippen molar-refractivity contribution < 1.29 is 14.3 Å². The molecule has 1 heterocycles. The normalized spacial score (nSPS) is 16.6. The van der Waals surface area contributed by atoms with Crippen molar-refractivity contribution in [2.75, 3.05) is 18.6 Å². The number of carbonyl (C=O) groups is 2. The summed E-state index contributed by atoms with van der Waals surface area (Å²) in [6.07, 6.45) is 1.35. The molecule has 1 aliphatic rings. The second kappa shape index (κ2) is 8.23. The van der Waals surface area contributed by atoms with Crippen molar-refractivity contribution in [1.29, 1.82) is 0 Å². The number of hydrogen-bond acceptors (Lipinski definition) is 3. The number of rotatable bonds is 6. The number of hydrogen-bond donors (Lipinski definition) is 1. The molecule has 26 heavy (non-hydrogen) atoms. The molecule has 2 aromatic rings. The van der Waals surface area contributed by atoms with Crippen molar-refractivity contribution in [3.05, 3.63) is 59.1 Å². The summed E-state index contributed by atoms with van der Waals surface area (Å²) in [7, 11) is 1.62. The molecule has 1 saturated heterocycles. The van der Waals surface area contributed by atoms with Gasteiger partial charge in [0.25, 0.3) is 0 Å². The number of aryl methyl sites for hydroxylation is 1. The maximum absolute atomic E-state index is 12.2. The molecule has 1 atom stereocenters. The molecule has 0 aromatic heterocycles. The summed E-state index contributed by atoms with van der Waals surface area (Å²) in [5.41, 5.74) is 1.88. The molecule has 136 valence electrons. The van der Waals surface area contributed by atoms with Gasteiger partial charge in [-0.1, -0.05) is 23.7 Å². The first-order valence-corrected chi connectivity index (χ1v) is 8.91. The molecule has 0 saturated carbocycles. The molecule has 3 rings (SSSR count). The van der Waals surface area contributed by atoms with Crippen molar-refractivity contribution >= 4 is 29.1 Å². The van der Waals surface area contributed by atoms with Crippen molar-refractivity contribution in [2.45, 2.75) is 25.3 Å². The van der Waals surface area contributed by atoms with Crippen LogP contribution in [0, 0.1) is 0 Å². The van der Waals surface area contributed by atoms with E-state index in [0.717, 1.165) is 17.0 Å². The molecule has 6 heteroatoms. The van der Waals surface area contributed by atoms with Gasteiger partial charge in [-0.15, -0.1) is 0 Å². The van der Waals surface area contributed by atoms with E-state index in [9.17, 15) is 9.59 Å². The van der Waals surface area contributed by atoms with Crippen molar-refractivity contribution in [3.63, 3.8) is 0 Å². The SMILES string of the molecule is COc1ccc(CCC(=O)N[C@H]2CC(=O)N(c3ccc(Cl)cc3)C2)cc1. The first-order chi connectivity index (χ1) is 12.5. The monoisotopic (exact) mass is 372 g/mol. The Hall–Kier alpha value is -2.53. The van der Waals surface area contributed by atoms with Crippen LogP contribution in [0.3, 0.4) is 0 Å². The summed E-state index contributed by atoms with van der Waals surface area (Å²) in [6.45, 7) is 0.481. The third-order valence-corrected chi connectivity index (χ3v) is 4.68. The summed E-state index contributed by atoms with van der Waals surface area (Å²) in [6, 6.07) is 14.6. The minimum absolute atomic E-state index is 0.00720. The van der Waals surface area contributed by atoms with Crippen molar-refractivity contribution in [1.82, 2.24) is 5.32 Å². The zero-order valence-electron chi connectivity index (χ0n) is 14.6. The second-order valence-corrected chi connectivity index (χ2v) is 6.73. The van der Waals surface area contributed by atoms with Gasteiger partial charge in [-0.05, 0) is 48.4 Å². The van der Waals surface area contributed by atoms with Gasteiger partial charge in [-0.25, -0.2) is 0 Å². The van der Waals surface area contributed by atoms with Gasteiger partial charge < -0.3 is 15.0 Å². The fourth-order valence-electron chi connectivity index (χ4n) is 3.02. The highest BCUT2D eigenvalue weighted by molar-refractivity contribution is 6.30. The number of halogens is 1. The van der Waals surface area contributed by atoms with E-state index in [1.54, 1.807) is 24.1 Å². The van der Waals surface area contributed by atoms with E-state index in [1.165, 1.54) is 0 Å². The van der Waals surface area contributed by atoms with E-state index in [2.05, 4.69) is 5.32 Å². The van der Waals surface area contributed by atoms with E-state index >= 15 is 0 Å². The topological polar surface area (TPSA) is 58.6 Å². The predicted molar refractivity (Wildman–Crippen MR) is 102 cm³/mol. The quantitative estimate of drug-likeness (QED) is 0.847. The molecule has 2 amide bonds. The highest BCUT2D eigenvalue weighted by Crippen LogP contribution is 2.23. The lowest BCUT2D eigenvalue weighted by Crippen LogP contribution is -2.37. The van der Waals surface area contributed by atoms with Crippen LogP contribution in [0.2, 0.25) is 5.02 Å². The first kappa shape index (κ1) is 18.3. The molecular formula is C20H21ClN2O3. The predicted octanol–water partition coefficient (Wildman–Crippen LogP) is 3.20. The summed E-state index contributed by atoms with van der Waals surface area (Å²) >= 11 is 5.89. The fourth-order valence-corrected chi connectivity index (χ4v) is 3.15. The zero-order chi connectivity index (χ0) is 18.5. The third-order valence-electron chi connectivity index (χ3n) is 4.43. The average molecular weight is 373 g/mol. The van der Waals surface area contributed by atoms with Gasteiger partial charge in [-0.3, -0.25) is 9.59 Å². The fraction of sp³-hybridized carbons (Fsp3) is 0.300. The first-order valence-electron chi connectivity index (χ1n) is 8.53. The van der Waals surface area contributed by atoms with Crippen LogP contribution in [0.5, 0.6) is 5.75 Å². The highest BCUT2D eigenvalue weighted by Gasteiger charge is 2.31. The number of amides is 2. The molecule has 0 radical (unpaired) electrons. The van der Waals surface area contributed by atoms with Crippen LogP contribution < -0.4 is 15.0 Å². The van der Waals surface area contributed by atoms with Gasteiger partial charge in [0.1, 0.15) is 5.75 Å². The largest absolute Gasteiger partial charge is 0.497 e. The average Bonchev–Trinajstić information content (AvgIpc) is 3.01. The lowest BCUT2D eigenvalue weighted by Gasteiger charge is -2.17. The Labute approximate surface area is 157 Å². The van der Waals surface area contributed by atoms with E-state index in [-0.39, 0.29) is 17.9 Å². The Morgan fingerprint density at radius 1 is 1.19 bits per heavy atom.